The van der Waals surface area contributed by atoms with Gasteiger partial charge in [-0.1, -0.05) is 23.7 Å². The van der Waals surface area contributed by atoms with Crippen LogP contribution in [0.5, 0.6) is 5.75 Å². The molecule has 152 valence electrons. The molecule has 0 spiro atoms. The number of likely N-dealkylation sites (tertiary alicyclic amines) is 1. The summed E-state index contributed by atoms with van der Waals surface area (Å²) in [6, 6.07) is 7.32. The number of benzene rings is 1. The molecule has 0 bridgehead atoms. The zero-order valence-electron chi connectivity index (χ0n) is 15.6. The van der Waals surface area contributed by atoms with Crippen LogP contribution < -0.4 is 10.1 Å². The minimum absolute atomic E-state index is 0. The fraction of sp³-hybridized carbons (Fsp3) is 0.526. The van der Waals surface area contributed by atoms with Crippen LogP contribution in [0.4, 0.5) is 0 Å². The third-order valence-corrected chi connectivity index (χ3v) is 5.59. The van der Waals surface area contributed by atoms with Crippen molar-refractivity contribution in [1.82, 2.24) is 25.0 Å². The lowest BCUT2D eigenvalue weighted by Gasteiger charge is -2.32. The van der Waals surface area contributed by atoms with Gasteiger partial charge >= 0.3 is 0 Å². The van der Waals surface area contributed by atoms with Gasteiger partial charge in [-0.15, -0.1) is 22.6 Å². The molecule has 0 unspecified atom stereocenters. The van der Waals surface area contributed by atoms with Crippen LogP contribution in [0.1, 0.15) is 36.8 Å². The van der Waals surface area contributed by atoms with Gasteiger partial charge in [0.05, 0.1) is 24.6 Å². The third kappa shape index (κ3) is 4.59. The van der Waals surface area contributed by atoms with Crippen molar-refractivity contribution in [1.29, 1.82) is 0 Å². The molecule has 28 heavy (non-hydrogen) atoms. The zero-order chi connectivity index (χ0) is 18.6. The SMILES string of the molecule is Cl.O=C(CCOc1ccccc1Cl)N1CCC(c2nnc3n2CCNC3)CC1. The lowest BCUT2D eigenvalue weighted by molar-refractivity contribution is -0.132. The second kappa shape index (κ2) is 9.58. The number of hydrogen-bond acceptors (Lipinski definition) is 5. The van der Waals surface area contributed by atoms with Crippen molar-refractivity contribution in [3.8, 4) is 5.75 Å². The highest BCUT2D eigenvalue weighted by molar-refractivity contribution is 6.32. The molecule has 1 saturated heterocycles. The van der Waals surface area contributed by atoms with Gasteiger partial charge < -0.3 is 19.5 Å². The van der Waals surface area contributed by atoms with Crippen molar-refractivity contribution in [2.45, 2.75) is 38.3 Å². The Balaban J connectivity index is 0.00000225. The monoisotopic (exact) mass is 425 g/mol. The Morgan fingerprint density at radius 1 is 1.21 bits per heavy atom. The summed E-state index contributed by atoms with van der Waals surface area (Å²) in [4.78, 5) is 14.4. The van der Waals surface area contributed by atoms with Gasteiger partial charge in [-0.2, -0.15) is 0 Å². The first-order chi connectivity index (χ1) is 13.2. The third-order valence-electron chi connectivity index (χ3n) is 5.27. The van der Waals surface area contributed by atoms with Crippen LogP contribution in [0.2, 0.25) is 5.02 Å². The number of nitrogens with one attached hydrogen (secondary N) is 1. The summed E-state index contributed by atoms with van der Waals surface area (Å²) in [5, 5.41) is 12.6. The van der Waals surface area contributed by atoms with Crippen molar-refractivity contribution in [3.63, 3.8) is 0 Å². The lowest BCUT2D eigenvalue weighted by atomic mass is 9.95. The molecular formula is C19H25Cl2N5O2. The molecule has 2 aliphatic rings. The Bertz CT molecular complexity index is 805. The highest BCUT2D eigenvalue weighted by atomic mass is 35.5. The summed E-state index contributed by atoms with van der Waals surface area (Å²) in [5.74, 6) is 3.24. The zero-order valence-corrected chi connectivity index (χ0v) is 17.2. The minimum Gasteiger partial charge on any atom is -0.491 e. The number of halogens is 2. The lowest BCUT2D eigenvalue weighted by Crippen LogP contribution is -2.39. The summed E-state index contributed by atoms with van der Waals surface area (Å²) in [6.07, 6.45) is 2.23. The van der Waals surface area contributed by atoms with E-state index in [0.29, 0.717) is 29.7 Å². The van der Waals surface area contributed by atoms with Gasteiger partial charge in [0, 0.05) is 32.1 Å². The number of para-hydroxylation sites is 1. The standard InChI is InChI=1S/C19H24ClN5O2.ClH/c20-15-3-1-2-4-16(15)27-12-7-18(26)24-9-5-14(6-10-24)19-23-22-17-13-21-8-11-25(17)19;/h1-4,14,21H,5-13H2;1H. The summed E-state index contributed by atoms with van der Waals surface area (Å²) in [6.45, 7) is 4.53. The first kappa shape index (κ1) is 20.9. The molecule has 2 aliphatic heterocycles. The number of aromatic nitrogens is 3. The van der Waals surface area contributed by atoms with Gasteiger partial charge in [0.2, 0.25) is 5.91 Å². The second-order valence-electron chi connectivity index (χ2n) is 6.99. The number of carbonyl (C=O) groups excluding carboxylic acids is 1. The molecule has 2 aromatic rings. The van der Waals surface area contributed by atoms with Gasteiger partial charge in [0.1, 0.15) is 17.4 Å². The molecule has 1 aromatic carbocycles. The quantitative estimate of drug-likeness (QED) is 0.796. The van der Waals surface area contributed by atoms with Crippen LogP contribution >= 0.6 is 24.0 Å². The second-order valence-corrected chi connectivity index (χ2v) is 7.39. The molecule has 0 atom stereocenters. The molecule has 4 rings (SSSR count). The summed E-state index contributed by atoms with van der Waals surface area (Å²) >= 11 is 6.07. The average Bonchev–Trinajstić information content (AvgIpc) is 3.14. The average molecular weight is 426 g/mol. The Kier molecular flexibility index (Phi) is 7.15. The van der Waals surface area contributed by atoms with E-state index in [1.54, 1.807) is 6.07 Å². The van der Waals surface area contributed by atoms with E-state index in [1.807, 2.05) is 23.1 Å². The van der Waals surface area contributed by atoms with E-state index in [-0.39, 0.29) is 18.3 Å². The molecule has 3 heterocycles. The molecule has 1 amide bonds. The topological polar surface area (TPSA) is 72.3 Å². The van der Waals surface area contributed by atoms with E-state index < -0.39 is 0 Å². The van der Waals surface area contributed by atoms with Crippen LogP contribution in [0.15, 0.2) is 24.3 Å². The Morgan fingerprint density at radius 2 is 2.00 bits per heavy atom. The van der Waals surface area contributed by atoms with E-state index in [1.165, 1.54) is 0 Å². The smallest absolute Gasteiger partial charge is 0.225 e. The molecule has 9 heteroatoms. The first-order valence-corrected chi connectivity index (χ1v) is 9.88. The van der Waals surface area contributed by atoms with Crippen LogP contribution in [-0.4, -0.2) is 51.8 Å². The van der Waals surface area contributed by atoms with Crippen LogP contribution in [0.3, 0.4) is 0 Å². The Hall–Kier alpha value is -1.83. The molecule has 0 radical (unpaired) electrons. The predicted octanol–water partition coefficient (Wildman–Crippen LogP) is 2.63. The Labute approximate surface area is 175 Å². The van der Waals surface area contributed by atoms with Gasteiger partial charge in [-0.05, 0) is 25.0 Å². The van der Waals surface area contributed by atoms with Crippen molar-refractivity contribution < 1.29 is 9.53 Å². The van der Waals surface area contributed by atoms with Crippen molar-refractivity contribution in [2.75, 3.05) is 26.2 Å². The normalized spacial score (nSPS) is 17.0. The van der Waals surface area contributed by atoms with Crippen LogP contribution in [0, 0.1) is 0 Å². The fourth-order valence-electron chi connectivity index (χ4n) is 3.77. The van der Waals surface area contributed by atoms with Crippen LogP contribution in [-0.2, 0) is 17.9 Å². The Morgan fingerprint density at radius 3 is 2.79 bits per heavy atom. The maximum atomic E-state index is 12.5. The maximum Gasteiger partial charge on any atom is 0.225 e. The molecule has 1 aromatic heterocycles. The summed E-state index contributed by atoms with van der Waals surface area (Å²) in [5.41, 5.74) is 0. The van der Waals surface area contributed by atoms with Crippen molar-refractivity contribution >= 4 is 29.9 Å². The number of fused-ring (bicyclic) bond motifs is 1. The molecule has 0 aliphatic carbocycles. The van der Waals surface area contributed by atoms with Crippen molar-refractivity contribution in [3.05, 3.63) is 40.9 Å². The van der Waals surface area contributed by atoms with E-state index in [9.17, 15) is 4.79 Å². The number of nitrogens with zero attached hydrogens (tertiary/aromatic N) is 4. The number of rotatable bonds is 5. The molecule has 7 nitrogen and oxygen atoms in total. The maximum absolute atomic E-state index is 12.5. The fourth-order valence-corrected chi connectivity index (χ4v) is 3.96. The van der Waals surface area contributed by atoms with Crippen LogP contribution in [0.25, 0.3) is 0 Å². The molecule has 1 fully saturated rings. The van der Waals surface area contributed by atoms with E-state index in [4.69, 9.17) is 16.3 Å². The summed E-state index contributed by atoms with van der Waals surface area (Å²) in [7, 11) is 0. The number of carbonyl (C=O) groups is 1. The first-order valence-electron chi connectivity index (χ1n) is 9.50. The van der Waals surface area contributed by atoms with Gasteiger partial charge in [-0.25, -0.2) is 0 Å². The largest absolute Gasteiger partial charge is 0.491 e. The highest BCUT2D eigenvalue weighted by Crippen LogP contribution is 2.28. The van der Waals surface area contributed by atoms with E-state index >= 15 is 0 Å². The van der Waals surface area contributed by atoms with Crippen molar-refractivity contribution in [2.24, 2.45) is 0 Å². The number of ether oxygens (including phenoxy) is 1. The number of piperidine rings is 1. The highest BCUT2D eigenvalue weighted by Gasteiger charge is 2.28. The van der Waals surface area contributed by atoms with E-state index in [2.05, 4.69) is 20.1 Å². The number of amides is 1. The summed E-state index contributed by atoms with van der Waals surface area (Å²) < 4.78 is 7.88. The number of hydrogen-bond donors (Lipinski definition) is 1. The predicted molar refractivity (Wildman–Crippen MR) is 109 cm³/mol. The van der Waals surface area contributed by atoms with Gasteiger partial charge in [-0.3, -0.25) is 4.79 Å². The molecular weight excluding hydrogens is 401 g/mol. The molecule has 0 saturated carbocycles. The van der Waals surface area contributed by atoms with Gasteiger partial charge in [0.25, 0.3) is 0 Å². The van der Waals surface area contributed by atoms with Gasteiger partial charge in [0.15, 0.2) is 0 Å². The van der Waals surface area contributed by atoms with E-state index in [0.717, 1.165) is 57.2 Å². The molecule has 1 N–H and O–H groups in total. The minimum atomic E-state index is 0.